The van der Waals surface area contributed by atoms with Gasteiger partial charge in [-0.05, 0) is 0 Å². The van der Waals surface area contributed by atoms with Crippen molar-refractivity contribution in [3.63, 3.8) is 0 Å². The Morgan fingerprint density at radius 1 is 0.682 bits per heavy atom. The summed E-state index contributed by atoms with van der Waals surface area (Å²) in [5.41, 5.74) is -0.263. The maximum Gasteiger partial charge on any atom is 0.126 e. The third-order valence-corrected chi connectivity index (χ3v) is 3.11. The van der Waals surface area contributed by atoms with Gasteiger partial charge in [0.25, 0.3) is 0 Å². The molecule has 0 aliphatic carbocycles. The maximum absolute atomic E-state index is 9.75. The molecule has 0 aliphatic heterocycles. The summed E-state index contributed by atoms with van der Waals surface area (Å²) in [6, 6.07) is 0. The third kappa shape index (κ3) is 4.38. The minimum atomic E-state index is -1.68. The van der Waals surface area contributed by atoms with Gasteiger partial charge in [0.05, 0.1) is 37.0 Å². The summed E-state index contributed by atoms with van der Waals surface area (Å²) < 4.78 is 0. The fraction of sp³-hybridized carbons (Fsp3) is 0.667. The monoisotopic (exact) mass is 320 g/mol. The van der Waals surface area contributed by atoms with Crippen LogP contribution in [0, 0.1) is 0 Å². The molecule has 0 bridgehead atoms. The van der Waals surface area contributed by atoms with Gasteiger partial charge in [-0.25, -0.2) is 0 Å². The Balaban J connectivity index is 2.82. The summed E-state index contributed by atoms with van der Waals surface area (Å²) >= 11 is 0. The van der Waals surface area contributed by atoms with Crippen molar-refractivity contribution in [1.29, 1.82) is 0 Å². The molecule has 6 unspecified atom stereocenters. The number of aliphatic hydroxyl groups is 8. The van der Waals surface area contributed by atoms with E-state index in [0.717, 1.165) is 12.4 Å². The molecule has 10 nitrogen and oxygen atoms in total. The molecule has 0 radical (unpaired) electrons. The van der Waals surface area contributed by atoms with Crippen molar-refractivity contribution in [2.45, 2.75) is 36.6 Å². The molecule has 1 aromatic heterocycles. The molecule has 0 amide bonds. The first-order valence-corrected chi connectivity index (χ1v) is 6.45. The zero-order valence-electron chi connectivity index (χ0n) is 11.5. The molecule has 0 spiro atoms. The number of hydrogen-bond acceptors (Lipinski definition) is 10. The predicted molar refractivity (Wildman–Crippen MR) is 70.2 cm³/mol. The van der Waals surface area contributed by atoms with Crippen LogP contribution in [0.25, 0.3) is 0 Å². The van der Waals surface area contributed by atoms with Crippen LogP contribution in [0.4, 0.5) is 0 Å². The number of rotatable bonds is 8. The lowest BCUT2D eigenvalue weighted by molar-refractivity contribution is -0.0808. The zero-order valence-corrected chi connectivity index (χ0v) is 11.5. The Morgan fingerprint density at radius 2 is 1.00 bits per heavy atom. The molecule has 1 heterocycles. The Bertz CT molecular complexity index is 404. The maximum atomic E-state index is 9.75. The van der Waals surface area contributed by atoms with Gasteiger partial charge < -0.3 is 40.9 Å². The minimum absolute atomic E-state index is 0.131. The molecule has 0 aliphatic rings. The lowest BCUT2D eigenvalue weighted by atomic mass is 10.0. The molecule has 8 N–H and O–H groups in total. The molecule has 22 heavy (non-hydrogen) atoms. The molecule has 1 aromatic rings. The van der Waals surface area contributed by atoms with E-state index >= 15 is 0 Å². The largest absolute Gasteiger partial charge is 0.394 e. The van der Waals surface area contributed by atoms with Crippen LogP contribution >= 0.6 is 0 Å². The molecule has 0 fully saturated rings. The number of nitrogens with zero attached hydrogens (tertiary/aromatic N) is 2. The van der Waals surface area contributed by atoms with Crippen molar-refractivity contribution in [2.75, 3.05) is 13.2 Å². The molecule has 0 saturated carbocycles. The van der Waals surface area contributed by atoms with E-state index in [9.17, 15) is 30.6 Å². The van der Waals surface area contributed by atoms with Crippen molar-refractivity contribution in [3.05, 3.63) is 23.8 Å². The van der Waals surface area contributed by atoms with Crippen molar-refractivity contribution in [2.24, 2.45) is 0 Å². The summed E-state index contributed by atoms with van der Waals surface area (Å²) in [4.78, 5) is 7.45. The van der Waals surface area contributed by atoms with E-state index in [4.69, 9.17) is 10.2 Å². The Morgan fingerprint density at radius 3 is 1.23 bits per heavy atom. The van der Waals surface area contributed by atoms with Crippen LogP contribution in [-0.4, -0.2) is 88.4 Å². The van der Waals surface area contributed by atoms with E-state index in [2.05, 4.69) is 9.97 Å². The van der Waals surface area contributed by atoms with Gasteiger partial charge in [-0.15, -0.1) is 0 Å². The molecule has 1 rings (SSSR count). The average molecular weight is 320 g/mol. The van der Waals surface area contributed by atoms with Crippen LogP contribution in [0.1, 0.15) is 23.6 Å². The molecule has 6 atom stereocenters. The van der Waals surface area contributed by atoms with Gasteiger partial charge >= 0.3 is 0 Å². The van der Waals surface area contributed by atoms with E-state index < -0.39 is 49.8 Å². The van der Waals surface area contributed by atoms with Crippen LogP contribution in [0.3, 0.4) is 0 Å². The standard InChI is InChI=1S/C12H20N2O8/c15-3-7(17)11(21)9(19)5-1-13-6(2-14-5)10(20)12(22)8(18)4-16/h1-2,7-12,15-22H,3-4H2. The average Bonchev–Trinajstić information content (AvgIpc) is 2.57. The molecule has 126 valence electrons. The van der Waals surface area contributed by atoms with Gasteiger partial charge in [0.1, 0.15) is 36.6 Å². The first-order chi connectivity index (χ1) is 10.3. The number of hydrogen-bond donors (Lipinski definition) is 8. The normalized spacial score (nSPS) is 20.0. The van der Waals surface area contributed by atoms with Gasteiger partial charge in [0.15, 0.2) is 0 Å². The van der Waals surface area contributed by atoms with Crippen LogP contribution in [0.5, 0.6) is 0 Å². The third-order valence-electron chi connectivity index (χ3n) is 3.11. The summed E-state index contributed by atoms with van der Waals surface area (Å²) in [5.74, 6) is 0. The van der Waals surface area contributed by atoms with Crippen LogP contribution in [0.15, 0.2) is 12.4 Å². The van der Waals surface area contributed by atoms with Crippen molar-refractivity contribution in [1.82, 2.24) is 9.97 Å². The predicted octanol–water partition coefficient (Wildman–Crippen LogP) is -4.03. The summed E-state index contributed by atoms with van der Waals surface area (Å²) in [5, 5.41) is 74.4. The second kappa shape index (κ2) is 8.41. The lowest BCUT2D eigenvalue weighted by Crippen LogP contribution is -2.36. The van der Waals surface area contributed by atoms with Crippen molar-refractivity contribution < 1.29 is 40.9 Å². The van der Waals surface area contributed by atoms with Gasteiger partial charge in [-0.1, -0.05) is 0 Å². The molecule has 0 saturated heterocycles. The van der Waals surface area contributed by atoms with Gasteiger partial charge in [-0.3, -0.25) is 9.97 Å². The van der Waals surface area contributed by atoms with Gasteiger partial charge in [0, 0.05) is 0 Å². The summed E-state index contributed by atoms with van der Waals surface area (Å²) in [6.45, 7) is -1.51. The van der Waals surface area contributed by atoms with Crippen LogP contribution in [-0.2, 0) is 0 Å². The molecule has 0 aromatic carbocycles. The highest BCUT2D eigenvalue weighted by molar-refractivity contribution is 5.10. The first-order valence-electron chi connectivity index (χ1n) is 6.45. The zero-order chi connectivity index (χ0) is 16.9. The Labute approximate surface area is 125 Å². The fourth-order valence-electron chi connectivity index (χ4n) is 1.64. The van der Waals surface area contributed by atoms with Crippen molar-refractivity contribution in [3.8, 4) is 0 Å². The first kappa shape index (κ1) is 18.8. The second-order valence-corrected chi connectivity index (χ2v) is 4.74. The number of aromatic nitrogens is 2. The number of aliphatic hydroxyl groups excluding tert-OH is 8. The van der Waals surface area contributed by atoms with E-state index in [1.54, 1.807) is 0 Å². The van der Waals surface area contributed by atoms with Crippen molar-refractivity contribution >= 4 is 0 Å². The lowest BCUT2D eigenvalue weighted by Gasteiger charge is -2.22. The van der Waals surface area contributed by atoms with E-state index in [1.807, 2.05) is 0 Å². The SMILES string of the molecule is OCC(O)C(O)C(O)c1cnc(C(O)C(O)C(O)CO)cn1. The van der Waals surface area contributed by atoms with Gasteiger partial charge in [-0.2, -0.15) is 0 Å². The second-order valence-electron chi connectivity index (χ2n) is 4.74. The summed E-state index contributed by atoms with van der Waals surface area (Å²) in [7, 11) is 0. The Hall–Kier alpha value is -1.24. The minimum Gasteiger partial charge on any atom is -0.394 e. The van der Waals surface area contributed by atoms with Crippen LogP contribution < -0.4 is 0 Å². The highest BCUT2D eigenvalue weighted by Crippen LogP contribution is 2.20. The smallest absolute Gasteiger partial charge is 0.126 e. The highest BCUT2D eigenvalue weighted by Gasteiger charge is 2.29. The quantitative estimate of drug-likeness (QED) is 0.234. The summed E-state index contributed by atoms with van der Waals surface area (Å²) in [6.07, 6.45) is -7.74. The molecule has 10 heteroatoms. The molecular formula is C12H20N2O8. The van der Waals surface area contributed by atoms with E-state index in [-0.39, 0.29) is 11.4 Å². The van der Waals surface area contributed by atoms with Crippen LogP contribution in [0.2, 0.25) is 0 Å². The van der Waals surface area contributed by atoms with E-state index in [0.29, 0.717) is 0 Å². The Kier molecular flexibility index (Phi) is 7.19. The van der Waals surface area contributed by atoms with Gasteiger partial charge in [0.2, 0.25) is 0 Å². The fourth-order valence-corrected chi connectivity index (χ4v) is 1.64. The topological polar surface area (TPSA) is 188 Å². The molecular weight excluding hydrogens is 300 g/mol. The highest BCUT2D eigenvalue weighted by atomic mass is 16.4. The van der Waals surface area contributed by atoms with E-state index in [1.165, 1.54) is 0 Å².